The number of amides is 2. The first kappa shape index (κ1) is 27.0. The molecule has 5 aromatic rings. The molecule has 2 amide bonds. The van der Waals surface area contributed by atoms with Gasteiger partial charge in [-0.05, 0) is 64.9 Å². The zero-order valence-corrected chi connectivity index (χ0v) is 22.6. The van der Waals surface area contributed by atoms with Crippen LogP contribution in [0.1, 0.15) is 31.5 Å². The van der Waals surface area contributed by atoms with Crippen LogP contribution in [0.2, 0.25) is 5.02 Å². The molecule has 0 fully saturated rings. The third-order valence-electron chi connectivity index (χ3n) is 6.17. The van der Waals surface area contributed by atoms with Gasteiger partial charge in [-0.2, -0.15) is 0 Å². The number of hydrogen-bond acceptors (Lipinski definition) is 4. The summed E-state index contributed by atoms with van der Waals surface area (Å²) >= 11 is 7.55. The Morgan fingerprint density at radius 3 is 2.20 bits per heavy atom. The Morgan fingerprint density at radius 2 is 1.43 bits per heavy atom. The van der Waals surface area contributed by atoms with Gasteiger partial charge in [-0.1, -0.05) is 78.3 Å². The van der Waals surface area contributed by atoms with Crippen LogP contribution in [-0.2, 0) is 4.79 Å². The molecular formula is C32H23ClN2O4S. The highest BCUT2D eigenvalue weighted by Crippen LogP contribution is 2.38. The van der Waals surface area contributed by atoms with Crippen molar-refractivity contribution < 1.29 is 19.5 Å². The molecule has 3 N–H and O–H groups in total. The maximum absolute atomic E-state index is 13.5. The summed E-state index contributed by atoms with van der Waals surface area (Å²) in [5, 5.41) is 16.6. The normalized spacial score (nSPS) is 11.5. The minimum Gasteiger partial charge on any atom is -0.478 e. The zero-order chi connectivity index (χ0) is 28.1. The fraction of sp³-hybridized carbons (Fsp3) is 0.0312. The Kier molecular flexibility index (Phi) is 8.15. The molecule has 0 bridgehead atoms. The molecule has 0 saturated heterocycles. The molecule has 5 rings (SSSR count). The summed E-state index contributed by atoms with van der Waals surface area (Å²) < 4.78 is 0. The van der Waals surface area contributed by atoms with E-state index in [9.17, 15) is 19.5 Å². The Bertz CT molecular complexity index is 1730. The summed E-state index contributed by atoms with van der Waals surface area (Å²) in [7, 11) is 0. The zero-order valence-electron chi connectivity index (χ0n) is 21.0. The molecular weight excluding hydrogens is 544 g/mol. The number of fused-ring (bicyclic) bond motifs is 1. The molecule has 0 aliphatic carbocycles. The van der Waals surface area contributed by atoms with Crippen molar-refractivity contribution in [1.29, 1.82) is 0 Å². The maximum atomic E-state index is 13.5. The average molecular weight is 567 g/mol. The number of carbonyl (C=O) groups is 3. The highest BCUT2D eigenvalue weighted by molar-refractivity contribution is 8.00. The number of halogens is 1. The standard InChI is InChI=1S/C32H23ClN2O4S/c33-27-16-15-24(32(38)39)18-28(27)35-31(37)29(21-8-2-1-3-9-21)40-26-12-6-11-25(19-26)34-30(36)23-14-13-20-7-4-5-10-22(20)17-23/h1-19,29H,(H,34,36)(H,35,37)(H,38,39). The van der Waals surface area contributed by atoms with Gasteiger partial charge in [-0.3, -0.25) is 9.59 Å². The minimum atomic E-state index is -1.12. The molecule has 0 aromatic heterocycles. The van der Waals surface area contributed by atoms with Crippen LogP contribution in [-0.4, -0.2) is 22.9 Å². The van der Waals surface area contributed by atoms with E-state index in [4.69, 9.17) is 11.6 Å². The van der Waals surface area contributed by atoms with Gasteiger partial charge in [0.25, 0.3) is 5.91 Å². The molecule has 0 spiro atoms. The lowest BCUT2D eigenvalue weighted by Gasteiger charge is -2.18. The van der Waals surface area contributed by atoms with Gasteiger partial charge in [0, 0.05) is 16.1 Å². The third-order valence-corrected chi connectivity index (χ3v) is 7.75. The predicted molar refractivity (Wildman–Crippen MR) is 160 cm³/mol. The monoisotopic (exact) mass is 566 g/mol. The molecule has 1 unspecified atom stereocenters. The Labute approximate surface area is 240 Å². The van der Waals surface area contributed by atoms with Gasteiger partial charge in [0.15, 0.2) is 0 Å². The summed E-state index contributed by atoms with van der Waals surface area (Å²) in [5.41, 5.74) is 2.11. The summed E-state index contributed by atoms with van der Waals surface area (Å²) in [4.78, 5) is 38.7. The lowest BCUT2D eigenvalue weighted by atomic mass is 10.1. The molecule has 1 atom stereocenters. The van der Waals surface area contributed by atoms with Crippen LogP contribution in [0.5, 0.6) is 0 Å². The number of benzene rings is 5. The smallest absolute Gasteiger partial charge is 0.335 e. The number of carboxylic acids is 1. The lowest BCUT2D eigenvalue weighted by molar-refractivity contribution is -0.115. The van der Waals surface area contributed by atoms with E-state index in [2.05, 4.69) is 10.6 Å². The number of nitrogens with one attached hydrogen (secondary N) is 2. The van der Waals surface area contributed by atoms with Crippen molar-refractivity contribution in [2.45, 2.75) is 10.1 Å². The first-order chi connectivity index (χ1) is 19.4. The summed E-state index contributed by atoms with van der Waals surface area (Å²) in [5.74, 6) is -1.73. The summed E-state index contributed by atoms with van der Waals surface area (Å²) in [6, 6.07) is 34.0. The molecule has 0 radical (unpaired) electrons. The molecule has 5 aromatic carbocycles. The van der Waals surface area contributed by atoms with E-state index in [1.807, 2.05) is 84.9 Å². The number of anilines is 2. The van der Waals surface area contributed by atoms with E-state index in [1.165, 1.54) is 30.0 Å². The van der Waals surface area contributed by atoms with Crippen molar-refractivity contribution >= 4 is 63.3 Å². The second kappa shape index (κ2) is 12.1. The molecule has 0 heterocycles. The van der Waals surface area contributed by atoms with Crippen LogP contribution in [0, 0.1) is 0 Å². The van der Waals surface area contributed by atoms with Crippen molar-refractivity contribution in [3.8, 4) is 0 Å². The van der Waals surface area contributed by atoms with Gasteiger partial charge in [0.1, 0.15) is 5.25 Å². The number of rotatable bonds is 8. The fourth-order valence-corrected chi connectivity index (χ4v) is 5.42. The highest BCUT2D eigenvalue weighted by atomic mass is 35.5. The largest absolute Gasteiger partial charge is 0.478 e. The first-order valence-electron chi connectivity index (χ1n) is 12.3. The van der Waals surface area contributed by atoms with Crippen LogP contribution in [0.15, 0.2) is 120 Å². The van der Waals surface area contributed by atoms with Crippen molar-refractivity contribution in [3.63, 3.8) is 0 Å². The lowest BCUT2D eigenvalue weighted by Crippen LogP contribution is -2.19. The predicted octanol–water partition coefficient (Wildman–Crippen LogP) is 7.92. The maximum Gasteiger partial charge on any atom is 0.335 e. The quantitative estimate of drug-likeness (QED) is 0.166. The van der Waals surface area contributed by atoms with Crippen LogP contribution >= 0.6 is 23.4 Å². The Morgan fingerprint density at radius 1 is 0.700 bits per heavy atom. The van der Waals surface area contributed by atoms with Gasteiger partial charge in [-0.25, -0.2) is 4.79 Å². The molecule has 0 aliphatic heterocycles. The average Bonchev–Trinajstić information content (AvgIpc) is 2.97. The highest BCUT2D eigenvalue weighted by Gasteiger charge is 2.23. The summed E-state index contributed by atoms with van der Waals surface area (Å²) in [6.45, 7) is 0. The fourth-order valence-electron chi connectivity index (χ4n) is 4.17. The molecule has 198 valence electrons. The second-order valence-electron chi connectivity index (χ2n) is 8.94. The van der Waals surface area contributed by atoms with E-state index in [0.717, 1.165) is 21.2 Å². The molecule has 0 aliphatic rings. The van der Waals surface area contributed by atoms with Gasteiger partial charge in [0.2, 0.25) is 5.91 Å². The molecule has 0 saturated carbocycles. The number of hydrogen-bond donors (Lipinski definition) is 3. The van der Waals surface area contributed by atoms with Crippen molar-refractivity contribution in [3.05, 3.63) is 137 Å². The number of thioether (sulfide) groups is 1. The van der Waals surface area contributed by atoms with Crippen molar-refractivity contribution in [2.24, 2.45) is 0 Å². The first-order valence-corrected chi connectivity index (χ1v) is 13.6. The van der Waals surface area contributed by atoms with E-state index >= 15 is 0 Å². The minimum absolute atomic E-state index is 0.0125. The van der Waals surface area contributed by atoms with Gasteiger partial charge in [-0.15, -0.1) is 11.8 Å². The molecule has 8 heteroatoms. The Hall–Kier alpha value is -4.59. The van der Waals surface area contributed by atoms with E-state index in [1.54, 1.807) is 12.1 Å². The van der Waals surface area contributed by atoms with Crippen LogP contribution in [0.4, 0.5) is 11.4 Å². The van der Waals surface area contributed by atoms with Gasteiger partial charge >= 0.3 is 5.97 Å². The van der Waals surface area contributed by atoms with Gasteiger partial charge < -0.3 is 15.7 Å². The number of aromatic carboxylic acids is 1. The SMILES string of the molecule is O=C(O)c1ccc(Cl)c(NC(=O)C(Sc2cccc(NC(=O)c3ccc4ccccc4c3)c2)c2ccccc2)c1. The van der Waals surface area contributed by atoms with E-state index in [-0.39, 0.29) is 28.1 Å². The number of carbonyl (C=O) groups excluding carboxylic acids is 2. The van der Waals surface area contributed by atoms with Crippen molar-refractivity contribution in [1.82, 2.24) is 0 Å². The molecule has 6 nitrogen and oxygen atoms in total. The van der Waals surface area contributed by atoms with Crippen molar-refractivity contribution in [2.75, 3.05) is 10.6 Å². The number of carboxylic acid groups (broad SMARTS) is 1. The van der Waals surface area contributed by atoms with Gasteiger partial charge in [0.05, 0.1) is 16.3 Å². The van der Waals surface area contributed by atoms with E-state index < -0.39 is 11.2 Å². The molecule has 40 heavy (non-hydrogen) atoms. The van der Waals surface area contributed by atoms with Crippen LogP contribution in [0.3, 0.4) is 0 Å². The van der Waals surface area contributed by atoms with Crippen LogP contribution in [0.25, 0.3) is 10.8 Å². The third kappa shape index (κ3) is 6.34. The van der Waals surface area contributed by atoms with Crippen LogP contribution < -0.4 is 10.6 Å². The topological polar surface area (TPSA) is 95.5 Å². The van der Waals surface area contributed by atoms with E-state index in [0.29, 0.717) is 11.3 Å². The second-order valence-corrected chi connectivity index (χ2v) is 10.5. The summed E-state index contributed by atoms with van der Waals surface area (Å²) in [6.07, 6.45) is 0. The Balaban J connectivity index is 1.37.